The van der Waals surface area contributed by atoms with Crippen LogP contribution in [0.3, 0.4) is 0 Å². The smallest absolute Gasteiger partial charge is 0.228 e. The number of hydrogen-bond donors (Lipinski definition) is 2. The van der Waals surface area contributed by atoms with Crippen molar-refractivity contribution in [2.24, 2.45) is 0 Å². The van der Waals surface area contributed by atoms with Gasteiger partial charge >= 0.3 is 0 Å². The van der Waals surface area contributed by atoms with Gasteiger partial charge in [0, 0.05) is 16.3 Å². The van der Waals surface area contributed by atoms with E-state index in [1.165, 1.54) is 0 Å². The molecule has 0 spiro atoms. The maximum Gasteiger partial charge on any atom is 0.228 e. The van der Waals surface area contributed by atoms with Crippen LogP contribution in [0.25, 0.3) is 22.4 Å². The van der Waals surface area contributed by atoms with E-state index in [9.17, 15) is 4.79 Å². The molecule has 0 saturated heterocycles. The molecule has 128 valence electrons. The van der Waals surface area contributed by atoms with Gasteiger partial charge in [-0.3, -0.25) is 4.79 Å². The largest absolute Gasteiger partial charge is 0.338 e. The fourth-order valence-corrected chi connectivity index (χ4v) is 3.02. The molecule has 0 radical (unpaired) electrons. The molecule has 2 N–H and O–H groups in total. The maximum absolute atomic E-state index is 12.2. The van der Waals surface area contributed by atoms with Crippen molar-refractivity contribution < 1.29 is 4.79 Å². The van der Waals surface area contributed by atoms with Gasteiger partial charge in [-0.05, 0) is 48.0 Å². The number of aromatic amines is 1. The van der Waals surface area contributed by atoms with Crippen molar-refractivity contribution in [2.75, 3.05) is 5.32 Å². The summed E-state index contributed by atoms with van der Waals surface area (Å²) < 4.78 is 0. The Labute approximate surface area is 155 Å². The number of aromatic nitrogens is 2. The molecule has 0 aliphatic heterocycles. The molecule has 4 nitrogen and oxygen atoms in total. The van der Waals surface area contributed by atoms with Crippen LogP contribution in [0, 0.1) is 0 Å². The summed E-state index contributed by atoms with van der Waals surface area (Å²) in [7, 11) is 0. The second-order valence-corrected chi connectivity index (χ2v) is 6.40. The molecule has 4 aromatic rings. The number of anilines is 1. The van der Waals surface area contributed by atoms with Gasteiger partial charge in [-0.15, -0.1) is 0 Å². The molecule has 0 aliphatic carbocycles. The lowest BCUT2D eigenvalue weighted by atomic mass is 10.1. The zero-order chi connectivity index (χ0) is 17.9. The number of halogens is 1. The Kier molecular flexibility index (Phi) is 4.42. The molecule has 4 rings (SSSR count). The van der Waals surface area contributed by atoms with Gasteiger partial charge in [0.15, 0.2) is 0 Å². The van der Waals surface area contributed by atoms with Gasteiger partial charge in [-0.1, -0.05) is 41.9 Å². The molecule has 1 amide bonds. The van der Waals surface area contributed by atoms with E-state index in [-0.39, 0.29) is 12.3 Å². The molecule has 3 aromatic carbocycles. The molecule has 0 unspecified atom stereocenters. The Morgan fingerprint density at radius 1 is 0.962 bits per heavy atom. The van der Waals surface area contributed by atoms with Crippen molar-refractivity contribution in [3.05, 3.63) is 83.4 Å². The van der Waals surface area contributed by atoms with Crippen molar-refractivity contribution in [3.63, 3.8) is 0 Å². The van der Waals surface area contributed by atoms with Crippen molar-refractivity contribution >= 4 is 34.2 Å². The normalized spacial score (nSPS) is 10.8. The van der Waals surface area contributed by atoms with Crippen LogP contribution >= 0.6 is 11.6 Å². The van der Waals surface area contributed by atoms with Crippen LogP contribution in [0.5, 0.6) is 0 Å². The number of benzene rings is 3. The third kappa shape index (κ3) is 3.46. The Bertz CT molecular complexity index is 1040. The Balaban J connectivity index is 1.47. The topological polar surface area (TPSA) is 57.8 Å². The number of carbonyl (C=O) groups excluding carboxylic acids is 1. The van der Waals surface area contributed by atoms with Gasteiger partial charge < -0.3 is 10.3 Å². The van der Waals surface area contributed by atoms with E-state index in [2.05, 4.69) is 15.3 Å². The third-order valence-electron chi connectivity index (χ3n) is 4.14. The summed E-state index contributed by atoms with van der Waals surface area (Å²) in [5.74, 6) is 0.703. The fourth-order valence-electron chi connectivity index (χ4n) is 2.82. The number of fused-ring (bicyclic) bond motifs is 1. The standard InChI is InChI=1S/C21H16ClN3O/c22-17-6-2-1-5-15(17)13-20(26)23-16-11-9-14(10-12-16)21-24-18-7-3-4-8-19(18)25-21/h1-12H,13H2,(H,23,26)(H,24,25). The highest BCUT2D eigenvalue weighted by molar-refractivity contribution is 6.31. The highest BCUT2D eigenvalue weighted by atomic mass is 35.5. The molecule has 0 bridgehead atoms. The van der Waals surface area contributed by atoms with E-state index in [4.69, 9.17) is 11.6 Å². The second kappa shape index (κ2) is 7.02. The van der Waals surface area contributed by atoms with Crippen molar-refractivity contribution in [1.82, 2.24) is 9.97 Å². The van der Waals surface area contributed by atoms with Gasteiger partial charge in [0.25, 0.3) is 0 Å². The van der Waals surface area contributed by atoms with Crippen LogP contribution in [0.1, 0.15) is 5.56 Å². The second-order valence-electron chi connectivity index (χ2n) is 6.00. The van der Waals surface area contributed by atoms with E-state index in [0.717, 1.165) is 33.7 Å². The van der Waals surface area contributed by atoms with Gasteiger partial charge in [-0.2, -0.15) is 0 Å². The summed E-state index contributed by atoms with van der Waals surface area (Å²) in [6, 6.07) is 22.9. The van der Waals surface area contributed by atoms with Gasteiger partial charge in [-0.25, -0.2) is 4.98 Å². The minimum Gasteiger partial charge on any atom is -0.338 e. The van der Waals surface area contributed by atoms with Crippen LogP contribution in [0.2, 0.25) is 5.02 Å². The molecule has 0 fully saturated rings. The number of imidazole rings is 1. The minimum absolute atomic E-state index is 0.102. The quantitative estimate of drug-likeness (QED) is 0.533. The first kappa shape index (κ1) is 16.4. The van der Waals surface area contributed by atoms with E-state index in [1.807, 2.05) is 66.7 Å². The molecular weight excluding hydrogens is 346 g/mol. The fraction of sp³-hybridized carbons (Fsp3) is 0.0476. The molecule has 0 aliphatic rings. The van der Waals surface area contributed by atoms with E-state index in [1.54, 1.807) is 6.07 Å². The summed E-state index contributed by atoms with van der Waals surface area (Å²) in [4.78, 5) is 20.1. The number of hydrogen-bond acceptors (Lipinski definition) is 2. The first-order chi connectivity index (χ1) is 12.7. The number of amides is 1. The molecule has 26 heavy (non-hydrogen) atoms. The van der Waals surface area contributed by atoms with Gasteiger partial charge in [0.05, 0.1) is 17.5 Å². The van der Waals surface area contributed by atoms with Crippen LogP contribution in [-0.4, -0.2) is 15.9 Å². The third-order valence-corrected chi connectivity index (χ3v) is 4.51. The summed E-state index contributed by atoms with van der Waals surface area (Å²) in [6.45, 7) is 0. The van der Waals surface area contributed by atoms with Crippen LogP contribution in [0.15, 0.2) is 72.8 Å². The molecule has 5 heteroatoms. The number of nitrogens with zero attached hydrogens (tertiary/aromatic N) is 1. The average molecular weight is 362 g/mol. The maximum atomic E-state index is 12.2. The molecule has 1 aromatic heterocycles. The lowest BCUT2D eigenvalue weighted by molar-refractivity contribution is -0.115. The number of nitrogens with one attached hydrogen (secondary N) is 2. The summed E-state index contributed by atoms with van der Waals surface area (Å²) in [5, 5.41) is 3.49. The number of H-pyrrole nitrogens is 1. The van der Waals surface area contributed by atoms with Crippen LogP contribution < -0.4 is 5.32 Å². The number of carbonyl (C=O) groups is 1. The van der Waals surface area contributed by atoms with E-state index < -0.39 is 0 Å². The summed E-state index contributed by atoms with van der Waals surface area (Å²) >= 11 is 6.10. The molecule has 0 atom stereocenters. The van der Waals surface area contributed by atoms with Crippen molar-refractivity contribution in [3.8, 4) is 11.4 Å². The Hall–Kier alpha value is -3.11. The molecule has 1 heterocycles. The lowest BCUT2D eigenvalue weighted by Gasteiger charge is -2.07. The Morgan fingerprint density at radius 3 is 2.46 bits per heavy atom. The first-order valence-electron chi connectivity index (χ1n) is 8.27. The highest BCUT2D eigenvalue weighted by Gasteiger charge is 2.08. The zero-order valence-electron chi connectivity index (χ0n) is 13.9. The molecular formula is C21H16ClN3O. The van der Waals surface area contributed by atoms with E-state index in [0.29, 0.717) is 5.02 Å². The monoisotopic (exact) mass is 361 g/mol. The van der Waals surface area contributed by atoms with E-state index >= 15 is 0 Å². The van der Waals surface area contributed by atoms with Gasteiger partial charge in [0.1, 0.15) is 5.82 Å². The SMILES string of the molecule is O=C(Cc1ccccc1Cl)Nc1ccc(-c2nc3ccccc3[nH]2)cc1. The lowest BCUT2D eigenvalue weighted by Crippen LogP contribution is -2.14. The van der Waals surface area contributed by atoms with Crippen molar-refractivity contribution in [1.29, 1.82) is 0 Å². The van der Waals surface area contributed by atoms with Gasteiger partial charge in [0.2, 0.25) is 5.91 Å². The van der Waals surface area contributed by atoms with Crippen LogP contribution in [0.4, 0.5) is 5.69 Å². The molecule has 0 saturated carbocycles. The summed E-state index contributed by atoms with van der Waals surface area (Å²) in [5.41, 5.74) is 4.44. The first-order valence-corrected chi connectivity index (χ1v) is 8.65. The number of para-hydroxylation sites is 2. The average Bonchev–Trinajstić information content (AvgIpc) is 3.08. The highest BCUT2D eigenvalue weighted by Crippen LogP contribution is 2.22. The minimum atomic E-state index is -0.102. The Morgan fingerprint density at radius 2 is 1.69 bits per heavy atom. The summed E-state index contributed by atoms with van der Waals surface area (Å²) in [6.07, 6.45) is 0.241. The predicted octanol–water partition coefficient (Wildman–Crippen LogP) is 5.06. The number of rotatable bonds is 4. The predicted molar refractivity (Wildman–Crippen MR) is 105 cm³/mol. The zero-order valence-corrected chi connectivity index (χ0v) is 14.6. The van der Waals surface area contributed by atoms with Crippen LogP contribution in [-0.2, 0) is 11.2 Å². The van der Waals surface area contributed by atoms with Crippen molar-refractivity contribution in [2.45, 2.75) is 6.42 Å².